The lowest BCUT2D eigenvalue weighted by atomic mass is 10.1. The number of benzene rings is 1. The minimum atomic E-state index is -0.548. The summed E-state index contributed by atoms with van der Waals surface area (Å²) in [6, 6.07) is 6.49. The van der Waals surface area contributed by atoms with Crippen molar-refractivity contribution in [2.45, 2.75) is 27.2 Å². The fourth-order valence-corrected chi connectivity index (χ4v) is 1.73. The quantitative estimate of drug-likeness (QED) is 0.477. The molecule has 0 radical (unpaired) electrons. The van der Waals surface area contributed by atoms with Gasteiger partial charge in [-0.2, -0.15) is 0 Å². The molecule has 0 saturated carbocycles. The van der Waals surface area contributed by atoms with Crippen LogP contribution >= 0.6 is 0 Å². The zero-order valence-electron chi connectivity index (χ0n) is 13.1. The molecule has 1 amide bonds. The van der Waals surface area contributed by atoms with Crippen molar-refractivity contribution >= 4 is 23.3 Å². The first-order chi connectivity index (χ1) is 10.4. The third kappa shape index (κ3) is 6.35. The Kier molecular flexibility index (Phi) is 7.02. The van der Waals surface area contributed by atoms with E-state index in [0.717, 1.165) is 0 Å². The zero-order chi connectivity index (χ0) is 16.5. The number of ketones is 1. The number of amides is 1. The fourth-order valence-electron chi connectivity index (χ4n) is 1.73. The van der Waals surface area contributed by atoms with Crippen LogP contribution < -0.4 is 5.32 Å². The van der Waals surface area contributed by atoms with E-state index in [-0.39, 0.29) is 24.2 Å². The van der Waals surface area contributed by atoms with Gasteiger partial charge in [0.15, 0.2) is 12.4 Å². The number of Topliss-reactive ketones (excluding diaryl/α,β-unsaturated/α-hetero) is 1. The van der Waals surface area contributed by atoms with Gasteiger partial charge in [-0.05, 0) is 37.1 Å². The van der Waals surface area contributed by atoms with E-state index in [0.29, 0.717) is 17.7 Å². The van der Waals surface area contributed by atoms with E-state index in [1.165, 1.54) is 6.08 Å². The van der Waals surface area contributed by atoms with Gasteiger partial charge in [-0.3, -0.25) is 9.59 Å². The molecular weight excluding hydrogens is 282 g/mol. The molecule has 1 rings (SSSR count). The van der Waals surface area contributed by atoms with E-state index in [4.69, 9.17) is 4.74 Å². The number of esters is 1. The van der Waals surface area contributed by atoms with Crippen molar-refractivity contribution in [2.75, 3.05) is 11.9 Å². The normalized spacial score (nSPS) is 10.7. The standard InChI is InChI=1S/C17H21NO4/c1-4-5-17(21)22-11-15(19)13-6-8-14(9-7-13)18-16(20)10-12(2)3/h4-9,12H,10-11H2,1-3H3,(H,18,20)/b5-4+. The highest BCUT2D eigenvalue weighted by atomic mass is 16.5. The Morgan fingerprint density at radius 3 is 2.36 bits per heavy atom. The third-order valence-electron chi connectivity index (χ3n) is 2.73. The summed E-state index contributed by atoms with van der Waals surface area (Å²) in [5.74, 6) is -0.617. The lowest BCUT2D eigenvalue weighted by molar-refractivity contribution is -0.136. The number of nitrogens with one attached hydrogen (secondary N) is 1. The van der Waals surface area contributed by atoms with E-state index in [1.54, 1.807) is 37.3 Å². The smallest absolute Gasteiger partial charge is 0.330 e. The minimum Gasteiger partial charge on any atom is -0.454 e. The number of carbonyl (C=O) groups excluding carboxylic acids is 3. The van der Waals surface area contributed by atoms with E-state index >= 15 is 0 Å². The first-order valence-electron chi connectivity index (χ1n) is 7.15. The summed E-state index contributed by atoms with van der Waals surface area (Å²) in [6.07, 6.45) is 3.24. The van der Waals surface area contributed by atoms with E-state index < -0.39 is 5.97 Å². The number of anilines is 1. The van der Waals surface area contributed by atoms with Gasteiger partial charge in [0.1, 0.15) is 0 Å². The summed E-state index contributed by atoms with van der Waals surface area (Å²) >= 11 is 0. The molecule has 0 spiro atoms. The lowest BCUT2D eigenvalue weighted by Gasteiger charge is -2.08. The van der Waals surface area contributed by atoms with Crippen LogP contribution in [0.4, 0.5) is 5.69 Å². The van der Waals surface area contributed by atoms with E-state index in [2.05, 4.69) is 5.32 Å². The Bertz CT molecular complexity index is 559. The lowest BCUT2D eigenvalue weighted by Crippen LogP contribution is -2.14. The van der Waals surface area contributed by atoms with Crippen molar-refractivity contribution in [3.8, 4) is 0 Å². The summed E-state index contributed by atoms with van der Waals surface area (Å²) in [5, 5.41) is 2.76. The van der Waals surface area contributed by atoms with Gasteiger partial charge in [-0.15, -0.1) is 0 Å². The predicted octanol–water partition coefficient (Wildman–Crippen LogP) is 2.97. The fraction of sp³-hybridized carbons (Fsp3) is 0.353. The number of hydrogen-bond acceptors (Lipinski definition) is 4. The Morgan fingerprint density at radius 1 is 1.18 bits per heavy atom. The monoisotopic (exact) mass is 303 g/mol. The number of rotatable bonds is 7. The summed E-state index contributed by atoms with van der Waals surface area (Å²) in [6.45, 7) is 5.32. The van der Waals surface area contributed by atoms with Gasteiger partial charge in [0.25, 0.3) is 0 Å². The molecule has 118 valence electrons. The molecule has 22 heavy (non-hydrogen) atoms. The molecule has 0 aliphatic rings. The molecule has 0 aliphatic carbocycles. The second-order valence-electron chi connectivity index (χ2n) is 5.25. The van der Waals surface area contributed by atoms with Crippen molar-refractivity contribution in [1.29, 1.82) is 0 Å². The Morgan fingerprint density at radius 2 is 1.82 bits per heavy atom. The third-order valence-corrected chi connectivity index (χ3v) is 2.73. The molecule has 1 N–H and O–H groups in total. The van der Waals surface area contributed by atoms with Crippen LogP contribution in [0.3, 0.4) is 0 Å². The van der Waals surface area contributed by atoms with Crippen LogP contribution in [0.15, 0.2) is 36.4 Å². The molecule has 0 unspecified atom stereocenters. The SMILES string of the molecule is C/C=C/C(=O)OCC(=O)c1ccc(NC(=O)CC(C)C)cc1. The molecule has 5 heteroatoms. The number of allylic oxidation sites excluding steroid dienone is 1. The molecule has 1 aromatic carbocycles. The van der Waals surface area contributed by atoms with Gasteiger partial charge < -0.3 is 10.1 Å². The topological polar surface area (TPSA) is 72.5 Å². The van der Waals surface area contributed by atoms with Crippen LogP contribution in [0.25, 0.3) is 0 Å². The van der Waals surface area contributed by atoms with Gasteiger partial charge in [0.05, 0.1) is 0 Å². The van der Waals surface area contributed by atoms with Crippen LogP contribution in [-0.2, 0) is 14.3 Å². The Balaban J connectivity index is 2.55. The molecule has 5 nitrogen and oxygen atoms in total. The van der Waals surface area contributed by atoms with Crippen molar-refractivity contribution in [3.63, 3.8) is 0 Å². The van der Waals surface area contributed by atoms with Crippen LogP contribution in [-0.4, -0.2) is 24.3 Å². The van der Waals surface area contributed by atoms with Gasteiger partial charge in [0, 0.05) is 23.7 Å². The largest absolute Gasteiger partial charge is 0.454 e. The van der Waals surface area contributed by atoms with Gasteiger partial charge in [0.2, 0.25) is 5.91 Å². The van der Waals surface area contributed by atoms with Gasteiger partial charge in [-0.25, -0.2) is 4.79 Å². The molecular formula is C17H21NO4. The average Bonchev–Trinajstić information content (AvgIpc) is 2.45. The van der Waals surface area contributed by atoms with E-state index in [9.17, 15) is 14.4 Å². The second kappa shape index (κ2) is 8.77. The summed E-state index contributed by atoms with van der Waals surface area (Å²) in [7, 11) is 0. The maximum Gasteiger partial charge on any atom is 0.330 e. The van der Waals surface area contributed by atoms with Crippen LogP contribution in [0.5, 0.6) is 0 Å². The Hall–Kier alpha value is -2.43. The summed E-state index contributed by atoms with van der Waals surface area (Å²) < 4.78 is 4.79. The number of ether oxygens (including phenoxy) is 1. The maximum atomic E-state index is 11.8. The van der Waals surface area contributed by atoms with Crippen LogP contribution in [0.1, 0.15) is 37.6 Å². The summed E-state index contributed by atoms with van der Waals surface area (Å²) in [4.78, 5) is 34.6. The highest BCUT2D eigenvalue weighted by molar-refractivity contribution is 5.99. The molecule has 0 atom stereocenters. The van der Waals surface area contributed by atoms with Crippen molar-refractivity contribution < 1.29 is 19.1 Å². The Labute approximate surface area is 130 Å². The van der Waals surface area contributed by atoms with Crippen molar-refractivity contribution in [2.24, 2.45) is 5.92 Å². The molecule has 0 saturated heterocycles. The van der Waals surface area contributed by atoms with Crippen molar-refractivity contribution in [1.82, 2.24) is 0 Å². The molecule has 0 aliphatic heterocycles. The van der Waals surface area contributed by atoms with E-state index in [1.807, 2.05) is 13.8 Å². The predicted molar refractivity (Wildman–Crippen MR) is 84.6 cm³/mol. The highest BCUT2D eigenvalue weighted by Gasteiger charge is 2.09. The van der Waals surface area contributed by atoms with Crippen LogP contribution in [0.2, 0.25) is 0 Å². The molecule has 0 bridgehead atoms. The second-order valence-corrected chi connectivity index (χ2v) is 5.25. The van der Waals surface area contributed by atoms with Gasteiger partial charge in [-0.1, -0.05) is 19.9 Å². The van der Waals surface area contributed by atoms with Crippen molar-refractivity contribution in [3.05, 3.63) is 42.0 Å². The molecule has 0 heterocycles. The first-order valence-corrected chi connectivity index (χ1v) is 7.15. The molecule has 1 aromatic rings. The minimum absolute atomic E-state index is 0.0608. The first kappa shape index (κ1) is 17.6. The molecule has 0 aromatic heterocycles. The van der Waals surface area contributed by atoms with Gasteiger partial charge >= 0.3 is 5.97 Å². The highest BCUT2D eigenvalue weighted by Crippen LogP contribution is 2.12. The number of carbonyl (C=O) groups is 3. The zero-order valence-corrected chi connectivity index (χ0v) is 13.1. The summed E-state index contributed by atoms with van der Waals surface area (Å²) in [5.41, 5.74) is 1.06. The number of hydrogen-bond donors (Lipinski definition) is 1. The average molecular weight is 303 g/mol. The molecule has 0 fully saturated rings. The maximum absolute atomic E-state index is 11.8. The van der Waals surface area contributed by atoms with Crippen LogP contribution in [0, 0.1) is 5.92 Å².